The maximum Gasteiger partial charge on any atom is 0.306 e. The maximum absolute atomic E-state index is 13.9. The molecule has 6 fully saturated rings. The number of hydrogen-bond donors (Lipinski definition) is 7. The highest BCUT2D eigenvalue weighted by atomic mass is 16.7. The lowest BCUT2D eigenvalue weighted by Gasteiger charge is -2.58. The summed E-state index contributed by atoms with van der Waals surface area (Å²) in [5, 5.41) is 74.9. The van der Waals surface area contributed by atoms with E-state index in [-0.39, 0.29) is 65.9 Å². The Balaban J connectivity index is 0.840. The minimum absolute atomic E-state index is 0.00248. The first-order valence-corrected chi connectivity index (χ1v) is 20.2. The Bertz CT molecular complexity index is 1460. The van der Waals surface area contributed by atoms with Crippen molar-refractivity contribution in [3.8, 4) is 0 Å². The zero-order valence-electron chi connectivity index (χ0n) is 31.6. The van der Waals surface area contributed by atoms with E-state index in [2.05, 4.69) is 6.92 Å². The van der Waals surface area contributed by atoms with Crippen molar-refractivity contribution in [2.45, 2.75) is 171 Å². The Morgan fingerprint density at radius 3 is 2.24 bits per heavy atom. The van der Waals surface area contributed by atoms with Gasteiger partial charge in [0.05, 0.1) is 44.1 Å². The molecule has 4 heterocycles. The average Bonchev–Trinajstić information content (AvgIpc) is 3.79. The molecule has 55 heavy (non-hydrogen) atoms. The highest BCUT2D eigenvalue weighted by Crippen LogP contribution is 2.62. The summed E-state index contributed by atoms with van der Waals surface area (Å²) in [5.74, 6) is -0.178. The van der Waals surface area contributed by atoms with Crippen LogP contribution in [0.4, 0.5) is 0 Å². The molecule has 0 spiro atoms. The molecule has 0 unspecified atom stereocenters. The van der Waals surface area contributed by atoms with Crippen LogP contribution < -0.4 is 0 Å². The topological polar surface area (TPSA) is 240 Å². The van der Waals surface area contributed by atoms with Crippen molar-refractivity contribution in [3.63, 3.8) is 0 Å². The number of rotatable bonds is 7. The number of carbonyl (C=O) groups is 2. The molecule has 4 aliphatic carbocycles. The first-order valence-electron chi connectivity index (χ1n) is 20.2. The molecule has 310 valence electrons. The predicted molar refractivity (Wildman–Crippen MR) is 185 cm³/mol. The van der Waals surface area contributed by atoms with E-state index in [0.29, 0.717) is 19.4 Å². The molecule has 0 aromatic heterocycles. The van der Waals surface area contributed by atoms with E-state index in [0.717, 1.165) is 44.1 Å². The molecule has 21 atom stereocenters. The summed E-state index contributed by atoms with van der Waals surface area (Å²) < 4.78 is 40.6. The van der Waals surface area contributed by atoms with Crippen LogP contribution in [0.2, 0.25) is 0 Å². The van der Waals surface area contributed by atoms with Gasteiger partial charge in [0, 0.05) is 23.8 Å². The Morgan fingerprint density at radius 2 is 1.51 bits per heavy atom. The van der Waals surface area contributed by atoms with Crippen molar-refractivity contribution < 1.29 is 78.5 Å². The lowest BCUT2D eigenvalue weighted by molar-refractivity contribution is -0.354. The first kappa shape index (κ1) is 40.2. The minimum atomic E-state index is -1.60. The van der Waals surface area contributed by atoms with Gasteiger partial charge in [0.25, 0.3) is 0 Å². The number of aliphatic hydroxyl groups is 7. The van der Waals surface area contributed by atoms with E-state index in [1.165, 1.54) is 12.5 Å². The van der Waals surface area contributed by atoms with Gasteiger partial charge in [0.15, 0.2) is 24.7 Å². The smallest absolute Gasteiger partial charge is 0.306 e. The molecule has 4 saturated heterocycles. The number of fused-ring (bicyclic) bond motifs is 4. The molecule has 0 aromatic carbocycles. The lowest BCUT2D eigenvalue weighted by Crippen LogP contribution is -2.62. The van der Waals surface area contributed by atoms with E-state index in [1.54, 1.807) is 6.92 Å². The van der Waals surface area contributed by atoms with Crippen LogP contribution in [0.3, 0.4) is 0 Å². The predicted octanol–water partition coefficient (Wildman–Crippen LogP) is -0.411. The molecule has 8 rings (SSSR count). The van der Waals surface area contributed by atoms with Crippen molar-refractivity contribution >= 4 is 11.8 Å². The fourth-order valence-corrected chi connectivity index (χ4v) is 11.5. The molecule has 7 N–H and O–H groups in total. The summed E-state index contributed by atoms with van der Waals surface area (Å²) in [6, 6.07) is 0. The number of allylic oxidation sites excluding steroid dienone is 1. The SMILES string of the molecule is C[C@@H]1O[C@@H](O[C@@H]2CO[C@@H](O[C@H]3[C@@H](O)C[C@H](O[C@H]4CC[C@@]5(C)[C@@H](CC[C@H]6C7=C(C(=O)[C@H](O)[C@@H]65)[C@@H]([C@@H]5COC(=O)C5)CC7)C4)O[C@@H]3C)[C@H](O)[C@H]2O)[C@H](O)[C@H](O)[C@H]1O. The van der Waals surface area contributed by atoms with Crippen LogP contribution in [0, 0.1) is 35.0 Å². The van der Waals surface area contributed by atoms with Crippen molar-refractivity contribution in [2.75, 3.05) is 13.2 Å². The van der Waals surface area contributed by atoms with Crippen molar-refractivity contribution in [1.82, 2.24) is 0 Å². The van der Waals surface area contributed by atoms with Gasteiger partial charge in [-0.05, 0) is 82.0 Å². The minimum Gasteiger partial charge on any atom is -0.465 e. The summed E-state index contributed by atoms with van der Waals surface area (Å²) in [4.78, 5) is 25.7. The third-order valence-electron chi connectivity index (χ3n) is 14.6. The fraction of sp³-hybridized carbons (Fsp3) is 0.897. The summed E-state index contributed by atoms with van der Waals surface area (Å²) in [6.07, 6.45) is -10.7. The van der Waals surface area contributed by atoms with Crippen molar-refractivity contribution in [2.24, 2.45) is 35.0 Å². The molecular weight excluding hydrogens is 724 g/mol. The third kappa shape index (κ3) is 7.14. The number of ether oxygens (including phenoxy) is 7. The second-order valence-electron chi connectivity index (χ2n) is 17.7. The number of Topliss-reactive ketones (excluding diaryl/α,β-unsaturated/α-hetero) is 1. The van der Waals surface area contributed by atoms with E-state index in [4.69, 9.17) is 33.2 Å². The van der Waals surface area contributed by atoms with Gasteiger partial charge < -0.3 is 68.9 Å². The number of ketones is 1. The Morgan fingerprint density at radius 1 is 0.745 bits per heavy atom. The second kappa shape index (κ2) is 15.5. The van der Waals surface area contributed by atoms with Crippen LogP contribution in [-0.2, 0) is 42.7 Å². The maximum atomic E-state index is 13.9. The van der Waals surface area contributed by atoms with Crippen LogP contribution >= 0.6 is 0 Å². The van der Waals surface area contributed by atoms with E-state index in [9.17, 15) is 45.3 Å². The summed E-state index contributed by atoms with van der Waals surface area (Å²) in [6.45, 7) is 5.52. The average molecular weight is 783 g/mol. The van der Waals surface area contributed by atoms with Crippen molar-refractivity contribution in [1.29, 1.82) is 0 Å². The van der Waals surface area contributed by atoms with Crippen LogP contribution in [-0.4, -0.2) is 153 Å². The van der Waals surface area contributed by atoms with E-state index < -0.39 is 86.0 Å². The zero-order chi connectivity index (χ0) is 39.1. The largest absolute Gasteiger partial charge is 0.465 e. The number of aliphatic hydroxyl groups excluding tert-OH is 7. The van der Waals surface area contributed by atoms with Crippen LogP contribution in [0.15, 0.2) is 11.1 Å². The van der Waals surface area contributed by atoms with Gasteiger partial charge in [-0.2, -0.15) is 0 Å². The number of carbonyl (C=O) groups excluding carboxylic acids is 2. The highest BCUT2D eigenvalue weighted by Gasteiger charge is 2.60. The fourth-order valence-electron chi connectivity index (χ4n) is 11.5. The van der Waals surface area contributed by atoms with Gasteiger partial charge in [0.1, 0.15) is 48.8 Å². The Kier molecular flexibility index (Phi) is 11.3. The standard InChI is InChI=1S/C39H58O16/c1-15-29(42)33(46)35(48)38(52-15)54-24-14-50-37(34(47)30(24)43)55-36-16(2)51-26(12-23(36)40)53-19-8-9-39(3)18(11-19)4-5-22-21-7-6-20(17-10-25(41)49-13-17)27(21)31(44)32(45)28(22)39/h15-20,22-24,26,28-30,32-38,40,42-43,45-48H,4-14H2,1-3H3/t15-,16+,17-,18-,19-,20+,22-,23-,24+,26-,28+,29-,30-,32+,33+,34+,35+,36+,37-,38-,39-/m0/s1. The third-order valence-corrected chi connectivity index (χ3v) is 14.6. The number of cyclic esters (lactones) is 1. The van der Waals surface area contributed by atoms with Crippen molar-refractivity contribution in [3.05, 3.63) is 11.1 Å². The molecule has 16 heteroatoms. The summed E-state index contributed by atoms with van der Waals surface area (Å²) in [7, 11) is 0. The molecule has 0 radical (unpaired) electrons. The molecule has 0 amide bonds. The van der Waals surface area contributed by atoms with Crippen LogP contribution in [0.25, 0.3) is 0 Å². The highest BCUT2D eigenvalue weighted by molar-refractivity contribution is 6.02. The van der Waals surface area contributed by atoms with Gasteiger partial charge in [-0.15, -0.1) is 0 Å². The van der Waals surface area contributed by atoms with Gasteiger partial charge in [-0.25, -0.2) is 0 Å². The first-order chi connectivity index (χ1) is 26.2. The quantitative estimate of drug-likeness (QED) is 0.128. The Labute approximate surface area is 320 Å². The Hall–Kier alpha value is -1.64. The normalized spacial score (nSPS) is 53.1. The molecule has 0 bridgehead atoms. The molecule has 4 aliphatic heterocycles. The molecular formula is C39H58O16. The molecule has 0 aromatic rings. The monoisotopic (exact) mass is 782 g/mol. The van der Waals surface area contributed by atoms with E-state index >= 15 is 0 Å². The van der Waals surface area contributed by atoms with Gasteiger partial charge in [0.2, 0.25) is 0 Å². The van der Waals surface area contributed by atoms with Gasteiger partial charge in [-0.3, -0.25) is 9.59 Å². The number of hydrogen-bond acceptors (Lipinski definition) is 16. The van der Waals surface area contributed by atoms with E-state index in [1.807, 2.05) is 0 Å². The van der Waals surface area contributed by atoms with Crippen LogP contribution in [0.1, 0.15) is 78.6 Å². The molecule has 8 aliphatic rings. The molecule has 16 nitrogen and oxygen atoms in total. The van der Waals surface area contributed by atoms with Crippen LogP contribution in [0.5, 0.6) is 0 Å². The van der Waals surface area contributed by atoms with Gasteiger partial charge >= 0.3 is 5.97 Å². The summed E-state index contributed by atoms with van der Waals surface area (Å²) in [5.41, 5.74) is 1.74. The summed E-state index contributed by atoms with van der Waals surface area (Å²) >= 11 is 0. The second-order valence-corrected chi connectivity index (χ2v) is 17.7. The number of esters is 1. The molecule has 2 saturated carbocycles. The van der Waals surface area contributed by atoms with Gasteiger partial charge in [-0.1, -0.05) is 12.5 Å². The zero-order valence-corrected chi connectivity index (χ0v) is 31.6. The lowest BCUT2D eigenvalue weighted by atomic mass is 9.48.